The Hall–Kier alpha value is -1.88. The SMILES string of the molecule is CC1C(Cc2ccccc2)CCN1CCC(=O)NC(N)=O. The predicted molar refractivity (Wildman–Crippen MR) is 81.6 cm³/mol. The molecule has 114 valence electrons. The molecule has 1 aromatic rings. The normalized spacial score (nSPS) is 22.1. The summed E-state index contributed by atoms with van der Waals surface area (Å²) in [5.41, 5.74) is 6.29. The van der Waals surface area contributed by atoms with E-state index in [2.05, 4.69) is 41.4 Å². The fraction of sp³-hybridized carbons (Fsp3) is 0.500. The first-order chi connectivity index (χ1) is 10.1. The lowest BCUT2D eigenvalue weighted by atomic mass is 9.93. The number of hydrogen-bond donors (Lipinski definition) is 2. The van der Waals surface area contributed by atoms with Crippen molar-refractivity contribution >= 4 is 11.9 Å². The third-order valence-corrected chi connectivity index (χ3v) is 4.27. The van der Waals surface area contributed by atoms with Crippen LogP contribution >= 0.6 is 0 Å². The van der Waals surface area contributed by atoms with Crippen LogP contribution in [-0.4, -0.2) is 36.0 Å². The molecule has 1 aliphatic rings. The number of nitrogens with zero attached hydrogens (tertiary/aromatic N) is 1. The van der Waals surface area contributed by atoms with Crippen LogP contribution in [0.25, 0.3) is 0 Å². The van der Waals surface area contributed by atoms with Gasteiger partial charge in [-0.05, 0) is 37.8 Å². The summed E-state index contributed by atoms with van der Waals surface area (Å²) >= 11 is 0. The molecule has 1 saturated heterocycles. The van der Waals surface area contributed by atoms with Crippen molar-refractivity contribution in [1.29, 1.82) is 0 Å². The van der Waals surface area contributed by atoms with Crippen molar-refractivity contribution in [2.24, 2.45) is 11.7 Å². The lowest BCUT2D eigenvalue weighted by molar-refractivity contribution is -0.120. The Kier molecular flexibility index (Phi) is 5.33. The molecule has 3 amide bonds. The smallest absolute Gasteiger partial charge is 0.318 e. The van der Waals surface area contributed by atoms with E-state index in [-0.39, 0.29) is 5.91 Å². The third-order valence-electron chi connectivity index (χ3n) is 4.27. The first-order valence-electron chi connectivity index (χ1n) is 7.43. The van der Waals surface area contributed by atoms with Crippen LogP contribution < -0.4 is 11.1 Å². The summed E-state index contributed by atoms with van der Waals surface area (Å²) in [6.07, 6.45) is 2.53. The van der Waals surface area contributed by atoms with Crippen LogP contribution in [-0.2, 0) is 11.2 Å². The monoisotopic (exact) mass is 289 g/mol. The standard InChI is InChI=1S/C16H23N3O2/c1-12-14(11-13-5-3-2-4-6-13)7-9-19(12)10-8-15(20)18-16(17)21/h2-6,12,14H,7-11H2,1H3,(H3,17,18,20,21). The van der Waals surface area contributed by atoms with Crippen molar-refractivity contribution < 1.29 is 9.59 Å². The van der Waals surface area contributed by atoms with Gasteiger partial charge in [-0.1, -0.05) is 30.3 Å². The average Bonchev–Trinajstić information content (AvgIpc) is 2.78. The Morgan fingerprint density at radius 3 is 2.71 bits per heavy atom. The van der Waals surface area contributed by atoms with E-state index in [1.807, 2.05) is 6.07 Å². The number of primary amides is 1. The molecule has 0 aromatic heterocycles. The molecule has 0 aliphatic carbocycles. The Morgan fingerprint density at radius 1 is 1.33 bits per heavy atom. The molecule has 5 heteroatoms. The zero-order valence-electron chi connectivity index (χ0n) is 12.4. The number of urea groups is 1. The van der Waals surface area contributed by atoms with Gasteiger partial charge < -0.3 is 5.73 Å². The molecule has 1 heterocycles. The van der Waals surface area contributed by atoms with E-state index in [0.29, 0.717) is 24.9 Å². The summed E-state index contributed by atoms with van der Waals surface area (Å²) in [6, 6.07) is 10.2. The van der Waals surface area contributed by atoms with Crippen molar-refractivity contribution in [2.45, 2.75) is 32.2 Å². The van der Waals surface area contributed by atoms with Crippen molar-refractivity contribution in [3.8, 4) is 0 Å². The molecular weight excluding hydrogens is 266 g/mol. The van der Waals surface area contributed by atoms with Crippen LogP contribution in [0.15, 0.2) is 30.3 Å². The number of likely N-dealkylation sites (tertiary alicyclic amines) is 1. The highest BCUT2D eigenvalue weighted by molar-refractivity contribution is 5.93. The number of nitrogens with two attached hydrogens (primary N) is 1. The maximum absolute atomic E-state index is 11.5. The first kappa shape index (κ1) is 15.5. The summed E-state index contributed by atoms with van der Waals surface area (Å²) in [7, 11) is 0. The number of carbonyl (C=O) groups is 2. The van der Waals surface area contributed by atoms with Gasteiger partial charge in [0.25, 0.3) is 0 Å². The molecular formula is C16H23N3O2. The molecule has 1 aliphatic heterocycles. The minimum absolute atomic E-state index is 0.304. The Balaban J connectivity index is 1.80. The molecule has 2 atom stereocenters. The summed E-state index contributed by atoms with van der Waals surface area (Å²) < 4.78 is 0. The largest absolute Gasteiger partial charge is 0.351 e. The van der Waals surface area contributed by atoms with Crippen molar-refractivity contribution in [1.82, 2.24) is 10.2 Å². The molecule has 2 rings (SSSR count). The van der Waals surface area contributed by atoms with Crippen molar-refractivity contribution in [2.75, 3.05) is 13.1 Å². The number of nitrogens with one attached hydrogen (secondary N) is 1. The zero-order valence-corrected chi connectivity index (χ0v) is 12.4. The first-order valence-corrected chi connectivity index (χ1v) is 7.43. The number of benzene rings is 1. The van der Waals surface area contributed by atoms with E-state index >= 15 is 0 Å². The molecule has 21 heavy (non-hydrogen) atoms. The Morgan fingerprint density at radius 2 is 2.05 bits per heavy atom. The molecule has 3 N–H and O–H groups in total. The number of hydrogen-bond acceptors (Lipinski definition) is 3. The molecule has 2 unspecified atom stereocenters. The van der Waals surface area contributed by atoms with Gasteiger partial charge >= 0.3 is 6.03 Å². The average molecular weight is 289 g/mol. The Labute approximate surface area is 125 Å². The molecule has 1 aromatic carbocycles. The number of rotatable bonds is 5. The van der Waals surface area contributed by atoms with Gasteiger partial charge in [0.05, 0.1) is 0 Å². The Bertz CT molecular complexity index is 490. The van der Waals surface area contributed by atoms with Crippen LogP contribution in [0.1, 0.15) is 25.3 Å². The fourth-order valence-corrected chi connectivity index (χ4v) is 3.02. The second-order valence-corrected chi connectivity index (χ2v) is 5.68. The number of imide groups is 1. The third kappa shape index (κ3) is 4.56. The van der Waals surface area contributed by atoms with E-state index in [1.165, 1.54) is 5.56 Å². The van der Waals surface area contributed by atoms with Crippen LogP contribution in [0.4, 0.5) is 4.79 Å². The molecule has 0 bridgehead atoms. The molecule has 0 radical (unpaired) electrons. The minimum Gasteiger partial charge on any atom is -0.351 e. The van der Waals surface area contributed by atoms with Gasteiger partial charge in [0.15, 0.2) is 0 Å². The quantitative estimate of drug-likeness (QED) is 0.863. The van der Waals surface area contributed by atoms with Crippen LogP contribution in [0.3, 0.4) is 0 Å². The highest BCUT2D eigenvalue weighted by atomic mass is 16.2. The van der Waals surface area contributed by atoms with Gasteiger partial charge in [-0.3, -0.25) is 15.0 Å². The zero-order chi connectivity index (χ0) is 15.2. The van der Waals surface area contributed by atoms with E-state index in [1.54, 1.807) is 0 Å². The predicted octanol–water partition coefficient (Wildman–Crippen LogP) is 1.52. The lowest BCUT2D eigenvalue weighted by Crippen LogP contribution is -2.38. The second-order valence-electron chi connectivity index (χ2n) is 5.68. The maximum atomic E-state index is 11.5. The van der Waals surface area contributed by atoms with Gasteiger partial charge in [-0.15, -0.1) is 0 Å². The topological polar surface area (TPSA) is 75.4 Å². The van der Waals surface area contributed by atoms with Crippen molar-refractivity contribution in [3.05, 3.63) is 35.9 Å². The highest BCUT2D eigenvalue weighted by Gasteiger charge is 2.30. The van der Waals surface area contributed by atoms with E-state index in [0.717, 1.165) is 19.4 Å². The molecule has 0 saturated carbocycles. The lowest BCUT2D eigenvalue weighted by Gasteiger charge is -2.24. The number of amides is 3. The van der Waals surface area contributed by atoms with E-state index in [9.17, 15) is 9.59 Å². The van der Waals surface area contributed by atoms with Gasteiger partial charge in [0.1, 0.15) is 0 Å². The van der Waals surface area contributed by atoms with E-state index < -0.39 is 6.03 Å². The van der Waals surface area contributed by atoms with Gasteiger partial charge in [0, 0.05) is 19.0 Å². The van der Waals surface area contributed by atoms with Gasteiger partial charge in [0.2, 0.25) is 5.91 Å². The molecule has 1 fully saturated rings. The van der Waals surface area contributed by atoms with E-state index in [4.69, 9.17) is 5.73 Å². The summed E-state index contributed by atoms with van der Waals surface area (Å²) in [5, 5.41) is 2.11. The van der Waals surface area contributed by atoms with Gasteiger partial charge in [-0.25, -0.2) is 4.79 Å². The minimum atomic E-state index is -0.781. The van der Waals surface area contributed by atoms with Crippen LogP contribution in [0.2, 0.25) is 0 Å². The molecule has 5 nitrogen and oxygen atoms in total. The van der Waals surface area contributed by atoms with Crippen LogP contribution in [0, 0.1) is 5.92 Å². The highest BCUT2D eigenvalue weighted by Crippen LogP contribution is 2.27. The van der Waals surface area contributed by atoms with Crippen LogP contribution in [0.5, 0.6) is 0 Å². The number of carbonyl (C=O) groups excluding carboxylic acids is 2. The summed E-state index contributed by atoms with van der Waals surface area (Å²) in [6.45, 7) is 3.89. The fourth-order valence-electron chi connectivity index (χ4n) is 3.02. The van der Waals surface area contributed by atoms with Crippen molar-refractivity contribution in [3.63, 3.8) is 0 Å². The molecule has 0 spiro atoms. The maximum Gasteiger partial charge on any atom is 0.318 e. The van der Waals surface area contributed by atoms with Gasteiger partial charge in [-0.2, -0.15) is 0 Å². The summed E-state index contributed by atoms with van der Waals surface area (Å²) in [4.78, 5) is 24.4. The second kappa shape index (κ2) is 7.22. The summed E-state index contributed by atoms with van der Waals surface area (Å²) in [5.74, 6) is 0.313.